The van der Waals surface area contributed by atoms with E-state index in [9.17, 15) is 0 Å². The van der Waals surface area contributed by atoms with E-state index in [2.05, 4.69) is 48.5 Å². The first kappa shape index (κ1) is 17.1. The van der Waals surface area contributed by atoms with Crippen molar-refractivity contribution in [3.8, 4) is 0 Å². The normalized spacial score (nSPS) is 19.7. The maximum Gasteiger partial charge on any atom is 0.347 e. The van der Waals surface area contributed by atoms with Crippen molar-refractivity contribution in [2.75, 3.05) is 0 Å². The zero-order chi connectivity index (χ0) is 13.4. The number of hydrogen-bond acceptors (Lipinski definition) is 0. The van der Waals surface area contributed by atoms with Crippen LogP contribution in [0.2, 0.25) is 5.04 Å². The van der Waals surface area contributed by atoms with Crippen molar-refractivity contribution in [3.63, 3.8) is 0 Å². The largest absolute Gasteiger partial charge is 0.347 e. The van der Waals surface area contributed by atoms with Gasteiger partial charge >= 0.3 is 6.00 Å². The number of hydrogen-bond donors (Lipinski definition) is 0. The zero-order valence-corrected chi connectivity index (χ0v) is 14.8. The van der Waals surface area contributed by atoms with E-state index in [-0.39, 0.29) is 10.5 Å². The van der Waals surface area contributed by atoms with E-state index < -0.39 is 6.00 Å². The van der Waals surface area contributed by atoms with Gasteiger partial charge < -0.3 is 0 Å². The SMILES string of the molecule is CC(CC(C)(C(C)C)[Si](Cl)(Cl)Cl)C(C)(C)C. The van der Waals surface area contributed by atoms with Gasteiger partial charge in [0.05, 0.1) is 0 Å². The Balaban J connectivity index is 4.99. The molecule has 0 N–H and O–H groups in total. The topological polar surface area (TPSA) is 0 Å². The molecular formula is C12H25Cl3Si. The standard InChI is InChI=1S/C12H25Cl3Si/c1-9(2)12(7,16(13,14)15)8-10(3)11(4,5)6/h9-10H,8H2,1-7H3. The van der Waals surface area contributed by atoms with Crippen LogP contribution in [-0.2, 0) is 0 Å². The second-order valence-electron chi connectivity index (χ2n) is 6.54. The van der Waals surface area contributed by atoms with E-state index >= 15 is 0 Å². The molecule has 98 valence electrons. The lowest BCUT2D eigenvalue weighted by Gasteiger charge is -2.43. The Morgan fingerprint density at radius 3 is 1.50 bits per heavy atom. The summed E-state index contributed by atoms with van der Waals surface area (Å²) in [4.78, 5) is 0. The maximum absolute atomic E-state index is 6.30. The lowest BCUT2D eigenvalue weighted by molar-refractivity contribution is 0.205. The van der Waals surface area contributed by atoms with E-state index in [0.717, 1.165) is 6.42 Å². The molecule has 0 saturated heterocycles. The number of rotatable bonds is 4. The molecule has 2 unspecified atom stereocenters. The summed E-state index contributed by atoms with van der Waals surface area (Å²) in [5.41, 5.74) is 0.264. The molecule has 0 aromatic carbocycles. The van der Waals surface area contributed by atoms with Gasteiger partial charge in [0, 0.05) is 5.04 Å². The van der Waals surface area contributed by atoms with Crippen molar-refractivity contribution < 1.29 is 0 Å². The summed E-state index contributed by atoms with van der Waals surface area (Å²) in [5.74, 6) is 0.944. The molecule has 0 aromatic rings. The van der Waals surface area contributed by atoms with Crippen molar-refractivity contribution in [3.05, 3.63) is 0 Å². The first-order valence-corrected chi connectivity index (χ1v) is 10.9. The van der Waals surface area contributed by atoms with E-state index in [0.29, 0.717) is 11.8 Å². The van der Waals surface area contributed by atoms with E-state index in [1.165, 1.54) is 0 Å². The highest BCUT2D eigenvalue weighted by atomic mass is 35.8. The fourth-order valence-electron chi connectivity index (χ4n) is 1.62. The van der Waals surface area contributed by atoms with Crippen LogP contribution in [0.15, 0.2) is 0 Å². The average molecular weight is 304 g/mol. The summed E-state index contributed by atoms with van der Waals surface area (Å²) < 4.78 is 0. The molecule has 0 bridgehead atoms. The molecular weight excluding hydrogens is 279 g/mol. The van der Waals surface area contributed by atoms with Crippen LogP contribution in [-0.4, -0.2) is 6.00 Å². The molecule has 16 heavy (non-hydrogen) atoms. The van der Waals surface area contributed by atoms with Crippen LogP contribution in [0.4, 0.5) is 0 Å². The third kappa shape index (κ3) is 4.08. The third-order valence-corrected chi connectivity index (χ3v) is 10.1. The minimum atomic E-state index is -2.70. The second kappa shape index (κ2) is 5.38. The first-order valence-electron chi connectivity index (χ1n) is 5.89. The number of halogens is 3. The van der Waals surface area contributed by atoms with Gasteiger partial charge in [0.2, 0.25) is 0 Å². The maximum atomic E-state index is 6.30. The average Bonchev–Trinajstić information content (AvgIpc) is 1.99. The minimum absolute atomic E-state index is 0.148. The van der Waals surface area contributed by atoms with Crippen LogP contribution in [0.25, 0.3) is 0 Å². The third-order valence-electron chi connectivity index (χ3n) is 4.13. The van der Waals surface area contributed by atoms with Crippen LogP contribution < -0.4 is 0 Å². The Hall–Kier alpha value is 1.09. The molecule has 0 saturated carbocycles. The molecule has 0 aliphatic rings. The summed E-state index contributed by atoms with van der Waals surface area (Å²) in [6.07, 6.45) is 0.983. The molecule has 0 fully saturated rings. The van der Waals surface area contributed by atoms with Gasteiger partial charge in [0.25, 0.3) is 0 Å². The lowest BCUT2D eigenvalue weighted by Crippen LogP contribution is -2.38. The van der Waals surface area contributed by atoms with Crippen LogP contribution in [0.3, 0.4) is 0 Å². The van der Waals surface area contributed by atoms with Crippen molar-refractivity contribution in [1.82, 2.24) is 0 Å². The minimum Gasteiger partial charge on any atom is -0.125 e. The van der Waals surface area contributed by atoms with Gasteiger partial charge in [-0.25, -0.2) is 0 Å². The molecule has 0 spiro atoms. The molecule has 0 radical (unpaired) electrons. The van der Waals surface area contributed by atoms with Gasteiger partial charge in [-0.15, -0.1) is 33.2 Å². The molecule has 4 heteroatoms. The van der Waals surface area contributed by atoms with E-state index in [4.69, 9.17) is 33.2 Å². The molecule has 0 aliphatic heterocycles. The van der Waals surface area contributed by atoms with Crippen LogP contribution in [0.1, 0.15) is 54.9 Å². The van der Waals surface area contributed by atoms with Crippen molar-refractivity contribution in [2.45, 2.75) is 59.9 Å². The zero-order valence-electron chi connectivity index (χ0n) is 11.5. The molecule has 0 aliphatic carbocycles. The second-order valence-corrected chi connectivity index (χ2v) is 15.5. The summed E-state index contributed by atoms with van der Waals surface area (Å²) in [6, 6.07) is -2.70. The Kier molecular flexibility index (Phi) is 5.75. The highest BCUT2D eigenvalue weighted by Gasteiger charge is 2.51. The lowest BCUT2D eigenvalue weighted by atomic mass is 9.75. The fourth-order valence-corrected chi connectivity index (χ4v) is 5.47. The summed E-state index contributed by atoms with van der Waals surface area (Å²) in [7, 11) is 0. The van der Waals surface area contributed by atoms with Gasteiger partial charge in [-0.1, -0.05) is 48.5 Å². The van der Waals surface area contributed by atoms with Crippen LogP contribution >= 0.6 is 33.2 Å². The monoisotopic (exact) mass is 302 g/mol. The molecule has 2 atom stereocenters. The summed E-state index contributed by atoms with van der Waals surface area (Å²) >= 11 is 18.9. The van der Waals surface area contributed by atoms with Gasteiger partial charge in [0.1, 0.15) is 0 Å². The predicted octanol–water partition coefficient (Wildman–Crippen LogP) is 6.13. The van der Waals surface area contributed by atoms with Gasteiger partial charge in [-0.05, 0) is 23.7 Å². The molecule has 0 aromatic heterocycles. The highest BCUT2D eigenvalue weighted by molar-refractivity contribution is 7.65. The van der Waals surface area contributed by atoms with Crippen LogP contribution in [0.5, 0.6) is 0 Å². The quantitative estimate of drug-likeness (QED) is 0.433. The molecule has 0 nitrogen and oxygen atoms in total. The summed E-state index contributed by atoms with van der Waals surface area (Å²) in [6.45, 7) is 15.5. The predicted molar refractivity (Wildman–Crippen MR) is 79.8 cm³/mol. The molecule has 0 heterocycles. The highest BCUT2D eigenvalue weighted by Crippen LogP contribution is 2.56. The first-order chi connectivity index (χ1) is 6.82. The van der Waals surface area contributed by atoms with E-state index in [1.807, 2.05) is 0 Å². The van der Waals surface area contributed by atoms with Crippen molar-refractivity contribution in [1.29, 1.82) is 0 Å². The summed E-state index contributed by atoms with van der Waals surface area (Å²) in [5, 5.41) is -0.148. The van der Waals surface area contributed by atoms with Gasteiger partial charge in [-0.2, -0.15) is 0 Å². The van der Waals surface area contributed by atoms with Crippen molar-refractivity contribution in [2.24, 2.45) is 17.3 Å². The Labute approximate surface area is 116 Å². The Bertz CT molecular complexity index is 227. The molecule has 0 rings (SSSR count). The van der Waals surface area contributed by atoms with Crippen LogP contribution in [0, 0.1) is 17.3 Å². The van der Waals surface area contributed by atoms with Crippen molar-refractivity contribution >= 4 is 39.2 Å². The van der Waals surface area contributed by atoms with Gasteiger partial charge in [0.15, 0.2) is 0 Å². The Morgan fingerprint density at radius 1 is 0.938 bits per heavy atom. The Morgan fingerprint density at radius 2 is 1.31 bits per heavy atom. The smallest absolute Gasteiger partial charge is 0.125 e. The van der Waals surface area contributed by atoms with E-state index in [1.54, 1.807) is 0 Å². The fraction of sp³-hybridized carbons (Fsp3) is 1.00. The van der Waals surface area contributed by atoms with Gasteiger partial charge in [-0.3, -0.25) is 0 Å². The molecule has 0 amide bonds.